The van der Waals surface area contributed by atoms with Gasteiger partial charge in [0.1, 0.15) is 5.60 Å². The number of nitrogens with one attached hydrogen (secondary N) is 1. The highest BCUT2D eigenvalue weighted by Crippen LogP contribution is 2.25. The van der Waals surface area contributed by atoms with Crippen molar-refractivity contribution in [1.82, 2.24) is 10.2 Å². The number of carbonyl (C=O) groups excluding carboxylic acids is 1. The molecule has 5 nitrogen and oxygen atoms in total. The number of methoxy groups -OCH3 is 1. The van der Waals surface area contributed by atoms with Crippen LogP contribution in [0.4, 0.5) is 0 Å². The second-order valence-electron chi connectivity index (χ2n) is 5.97. The summed E-state index contributed by atoms with van der Waals surface area (Å²) in [5, 5.41) is 3.35. The summed E-state index contributed by atoms with van der Waals surface area (Å²) in [5.74, 6) is 0.211. The topological polar surface area (TPSA) is 50.8 Å². The number of nitrogens with zero attached hydrogens (tertiary/aromatic N) is 1. The summed E-state index contributed by atoms with van der Waals surface area (Å²) in [4.78, 5) is 14.4. The summed E-state index contributed by atoms with van der Waals surface area (Å²) >= 11 is 0. The Kier molecular flexibility index (Phi) is 4.81. The number of rotatable bonds is 5. The van der Waals surface area contributed by atoms with Gasteiger partial charge in [-0.2, -0.15) is 0 Å². The van der Waals surface area contributed by atoms with Crippen molar-refractivity contribution in [2.45, 2.75) is 50.8 Å². The van der Waals surface area contributed by atoms with Crippen LogP contribution in [0.5, 0.6) is 0 Å². The molecule has 2 rings (SSSR count). The van der Waals surface area contributed by atoms with Crippen LogP contribution >= 0.6 is 0 Å². The van der Waals surface area contributed by atoms with Gasteiger partial charge >= 0.3 is 0 Å². The highest BCUT2D eigenvalue weighted by atomic mass is 16.5. The van der Waals surface area contributed by atoms with Gasteiger partial charge in [-0.15, -0.1) is 0 Å². The van der Waals surface area contributed by atoms with E-state index in [1.165, 1.54) is 0 Å². The zero-order valence-corrected chi connectivity index (χ0v) is 12.3. The van der Waals surface area contributed by atoms with Gasteiger partial charge in [0.25, 0.3) is 0 Å². The summed E-state index contributed by atoms with van der Waals surface area (Å²) < 4.78 is 11.1. The third-order valence-electron chi connectivity index (χ3n) is 4.04. The first kappa shape index (κ1) is 14.8. The largest absolute Gasteiger partial charge is 0.378 e. The Morgan fingerprint density at radius 3 is 2.95 bits per heavy atom. The zero-order chi connectivity index (χ0) is 13.9. The van der Waals surface area contributed by atoms with Crippen LogP contribution in [0.2, 0.25) is 0 Å². The molecule has 0 radical (unpaired) electrons. The minimum absolute atomic E-state index is 0.0371. The van der Waals surface area contributed by atoms with E-state index in [4.69, 9.17) is 9.47 Å². The van der Waals surface area contributed by atoms with Crippen LogP contribution < -0.4 is 5.32 Å². The molecule has 0 saturated carbocycles. The molecule has 0 aliphatic carbocycles. The predicted molar refractivity (Wildman–Crippen MR) is 73.0 cm³/mol. The molecule has 2 saturated heterocycles. The van der Waals surface area contributed by atoms with Crippen LogP contribution in [0.15, 0.2) is 0 Å². The molecule has 2 aliphatic heterocycles. The van der Waals surface area contributed by atoms with Gasteiger partial charge in [-0.1, -0.05) is 13.8 Å². The minimum Gasteiger partial charge on any atom is -0.378 e. The van der Waals surface area contributed by atoms with Crippen molar-refractivity contribution < 1.29 is 14.3 Å². The van der Waals surface area contributed by atoms with E-state index in [2.05, 4.69) is 19.2 Å². The second-order valence-corrected chi connectivity index (χ2v) is 5.97. The highest BCUT2D eigenvalue weighted by molar-refractivity contribution is 5.82. The normalized spacial score (nSPS) is 32.3. The molecule has 2 unspecified atom stereocenters. The molecular formula is C14H26N2O3. The maximum Gasteiger partial charge on any atom is 0.239 e. The monoisotopic (exact) mass is 270 g/mol. The number of carbonyl (C=O) groups is 1. The first-order chi connectivity index (χ1) is 9.06. The predicted octanol–water partition coefficient (Wildman–Crippen LogP) is 0.781. The van der Waals surface area contributed by atoms with Gasteiger partial charge in [0.15, 0.2) is 0 Å². The molecule has 0 spiro atoms. The molecule has 0 aromatic carbocycles. The Balaban J connectivity index is 1.97. The first-order valence-corrected chi connectivity index (χ1v) is 7.24. The van der Waals surface area contributed by atoms with Gasteiger partial charge in [-0.25, -0.2) is 0 Å². The molecule has 2 aliphatic rings. The summed E-state index contributed by atoms with van der Waals surface area (Å²) in [7, 11) is 1.72. The summed E-state index contributed by atoms with van der Waals surface area (Å²) in [5.41, 5.74) is -0.296. The van der Waals surface area contributed by atoms with E-state index in [0.29, 0.717) is 19.2 Å². The fraction of sp³-hybridized carbons (Fsp3) is 0.929. The summed E-state index contributed by atoms with van der Waals surface area (Å²) in [6.45, 7) is 6.96. The quantitative estimate of drug-likeness (QED) is 0.802. The van der Waals surface area contributed by atoms with Crippen molar-refractivity contribution in [2.75, 3.05) is 33.4 Å². The van der Waals surface area contributed by atoms with Crippen LogP contribution in [-0.4, -0.2) is 61.9 Å². The van der Waals surface area contributed by atoms with Gasteiger partial charge in [0.05, 0.1) is 19.2 Å². The highest BCUT2D eigenvalue weighted by Gasteiger charge is 2.40. The molecule has 110 valence electrons. The van der Waals surface area contributed by atoms with Gasteiger partial charge in [0, 0.05) is 32.7 Å². The molecule has 1 N–H and O–H groups in total. The average Bonchev–Trinajstić information content (AvgIpc) is 2.83. The Bertz CT molecular complexity index is 314. The lowest BCUT2D eigenvalue weighted by molar-refractivity contribution is -0.141. The number of ether oxygens (including phenoxy) is 2. The third kappa shape index (κ3) is 3.46. The molecule has 19 heavy (non-hydrogen) atoms. The third-order valence-corrected chi connectivity index (χ3v) is 4.04. The number of piperidine rings is 1. The van der Waals surface area contributed by atoms with E-state index in [9.17, 15) is 4.79 Å². The summed E-state index contributed by atoms with van der Waals surface area (Å²) in [6.07, 6.45) is 2.86. The Labute approximate surface area is 115 Å². The van der Waals surface area contributed by atoms with Crippen LogP contribution in [-0.2, 0) is 14.3 Å². The van der Waals surface area contributed by atoms with Crippen LogP contribution in [0.25, 0.3) is 0 Å². The smallest absolute Gasteiger partial charge is 0.239 e. The van der Waals surface area contributed by atoms with Crippen molar-refractivity contribution in [2.24, 2.45) is 0 Å². The lowest BCUT2D eigenvalue weighted by Gasteiger charge is -2.38. The fourth-order valence-electron chi connectivity index (χ4n) is 2.94. The average molecular weight is 270 g/mol. The molecular weight excluding hydrogens is 244 g/mol. The van der Waals surface area contributed by atoms with E-state index in [0.717, 1.165) is 32.4 Å². The van der Waals surface area contributed by atoms with Crippen molar-refractivity contribution in [3.63, 3.8) is 0 Å². The van der Waals surface area contributed by atoms with Gasteiger partial charge in [0.2, 0.25) is 5.91 Å². The van der Waals surface area contributed by atoms with Crippen LogP contribution in [0.3, 0.4) is 0 Å². The van der Waals surface area contributed by atoms with E-state index in [1.807, 2.05) is 4.90 Å². The van der Waals surface area contributed by atoms with E-state index < -0.39 is 0 Å². The Morgan fingerprint density at radius 1 is 1.58 bits per heavy atom. The number of hydrogen-bond donors (Lipinski definition) is 1. The number of likely N-dealkylation sites (tertiary alicyclic amines) is 1. The van der Waals surface area contributed by atoms with E-state index in [-0.39, 0.29) is 17.6 Å². The van der Waals surface area contributed by atoms with Crippen molar-refractivity contribution in [3.8, 4) is 0 Å². The molecule has 2 heterocycles. The Hall–Kier alpha value is -0.650. The number of amides is 1. The van der Waals surface area contributed by atoms with Crippen molar-refractivity contribution in [3.05, 3.63) is 0 Å². The molecule has 1 amide bonds. The van der Waals surface area contributed by atoms with Crippen molar-refractivity contribution >= 4 is 5.91 Å². The fourth-order valence-corrected chi connectivity index (χ4v) is 2.94. The van der Waals surface area contributed by atoms with Gasteiger partial charge < -0.3 is 19.7 Å². The molecule has 0 bridgehead atoms. The van der Waals surface area contributed by atoms with Crippen LogP contribution in [0, 0.1) is 0 Å². The second kappa shape index (κ2) is 6.20. The molecule has 2 fully saturated rings. The van der Waals surface area contributed by atoms with Gasteiger partial charge in [-0.05, 0) is 12.8 Å². The zero-order valence-electron chi connectivity index (χ0n) is 12.3. The minimum atomic E-state index is -0.296. The molecule has 5 heteroatoms. The first-order valence-electron chi connectivity index (χ1n) is 7.24. The van der Waals surface area contributed by atoms with E-state index >= 15 is 0 Å². The van der Waals surface area contributed by atoms with Gasteiger partial charge in [-0.3, -0.25) is 4.79 Å². The van der Waals surface area contributed by atoms with E-state index in [1.54, 1.807) is 7.11 Å². The Morgan fingerprint density at radius 2 is 2.37 bits per heavy atom. The lowest BCUT2D eigenvalue weighted by Crippen LogP contribution is -2.56. The lowest BCUT2D eigenvalue weighted by atomic mass is 9.98. The SMILES string of the molecule is COC1(CN2CCCC(NC(C)C)C2=O)CCOC1. The standard InChI is InChI=1S/C14H26N2O3/c1-11(2)15-12-5-4-7-16(13(12)17)9-14(18-3)6-8-19-10-14/h11-12,15H,4-10H2,1-3H3. The molecule has 0 aromatic rings. The molecule has 2 atom stereocenters. The maximum atomic E-state index is 12.5. The van der Waals surface area contributed by atoms with Crippen LogP contribution in [0.1, 0.15) is 33.1 Å². The molecule has 0 aromatic heterocycles. The number of hydrogen-bond acceptors (Lipinski definition) is 4. The maximum absolute atomic E-state index is 12.5. The summed E-state index contributed by atoms with van der Waals surface area (Å²) in [6, 6.07) is 0.296. The van der Waals surface area contributed by atoms with Crippen molar-refractivity contribution in [1.29, 1.82) is 0 Å².